The summed E-state index contributed by atoms with van der Waals surface area (Å²) in [4.78, 5) is 11.1. The average molecular weight is 937 g/mol. The van der Waals surface area contributed by atoms with Crippen molar-refractivity contribution in [2.24, 2.45) is 0 Å². The molecule has 0 amide bonds. The van der Waals surface area contributed by atoms with Crippen LogP contribution in [0.5, 0.6) is 0 Å². The van der Waals surface area contributed by atoms with Crippen LogP contribution in [0, 0.1) is 22.7 Å². The molecule has 344 valence electrons. The van der Waals surface area contributed by atoms with Crippen molar-refractivity contribution in [1.29, 1.82) is 10.5 Å². The molecule has 72 heavy (non-hydrogen) atoms. The number of hydrogen-bond donors (Lipinski definition) is 0. The molecule has 0 unspecified atom stereocenters. The van der Waals surface area contributed by atoms with Gasteiger partial charge < -0.3 is 0 Å². The SMILES string of the molecule is N#Cc1ccc(C[n+]2ccc(-c3cc[n+](Cc4cc(C[n+]5ccc(-c6cc[n+](Cc7ccc(C#N)cc7)cc6)cc5)cc(C[n+]5ccc(-c6cc[n+](Cc7ccc(C=O)cc7)cc6)cc5)c4)cc3)cc2)cc1. The smallest absolute Gasteiger partial charge is 0.173 e. The van der Waals surface area contributed by atoms with Gasteiger partial charge in [-0.25, -0.2) is 27.4 Å². The van der Waals surface area contributed by atoms with E-state index in [9.17, 15) is 4.79 Å². The number of rotatable bonds is 16. The highest BCUT2D eigenvalue weighted by Crippen LogP contribution is 2.20. The molecule has 9 nitrogen and oxygen atoms in total. The second-order valence-corrected chi connectivity index (χ2v) is 18.2. The number of nitrogens with zero attached hydrogens (tertiary/aromatic N) is 8. The lowest BCUT2D eigenvalue weighted by atomic mass is 10.0. The third-order valence-corrected chi connectivity index (χ3v) is 12.9. The van der Waals surface area contributed by atoms with Crippen LogP contribution in [0.25, 0.3) is 33.4 Å². The van der Waals surface area contributed by atoms with Crippen molar-refractivity contribution in [1.82, 2.24) is 0 Å². The van der Waals surface area contributed by atoms with E-state index in [1.54, 1.807) is 0 Å². The zero-order valence-electron chi connectivity index (χ0n) is 39.8. The molecule has 0 bridgehead atoms. The highest BCUT2D eigenvalue weighted by molar-refractivity contribution is 5.74. The lowest BCUT2D eigenvalue weighted by Gasteiger charge is -2.08. The predicted octanol–water partition coefficient (Wildman–Crippen LogP) is 8.26. The van der Waals surface area contributed by atoms with Crippen LogP contribution in [-0.4, -0.2) is 6.29 Å². The summed E-state index contributed by atoms with van der Waals surface area (Å²) < 4.78 is 13.2. The second kappa shape index (κ2) is 21.8. The summed E-state index contributed by atoms with van der Waals surface area (Å²) in [6, 6.07) is 60.5. The predicted molar refractivity (Wildman–Crippen MR) is 272 cm³/mol. The van der Waals surface area contributed by atoms with Crippen molar-refractivity contribution in [3.63, 3.8) is 0 Å². The highest BCUT2D eigenvalue weighted by Gasteiger charge is 2.15. The molecule has 0 aliphatic rings. The quantitative estimate of drug-likeness (QED) is 0.0723. The minimum Gasteiger partial charge on any atom is -0.298 e. The average Bonchev–Trinajstić information content (AvgIpc) is 3.43. The van der Waals surface area contributed by atoms with Crippen molar-refractivity contribution in [2.75, 3.05) is 0 Å². The summed E-state index contributed by atoms with van der Waals surface area (Å²) in [6.07, 6.45) is 26.5. The van der Waals surface area contributed by atoms with Gasteiger partial charge in [-0.1, -0.05) is 48.5 Å². The summed E-state index contributed by atoms with van der Waals surface area (Å²) in [5.74, 6) is 0. The van der Waals surface area contributed by atoms with E-state index in [1.807, 2.05) is 72.8 Å². The topological polar surface area (TPSA) is 87.9 Å². The first-order valence-electron chi connectivity index (χ1n) is 24.0. The van der Waals surface area contributed by atoms with E-state index in [4.69, 9.17) is 10.5 Å². The Labute approximate surface area is 420 Å². The van der Waals surface area contributed by atoms with E-state index in [0.717, 1.165) is 95.6 Å². The molecule has 0 aliphatic heterocycles. The Morgan fingerprint density at radius 3 is 0.708 bits per heavy atom. The number of carbonyl (C=O) groups is 1. The molecule has 0 N–H and O–H groups in total. The van der Waals surface area contributed by atoms with E-state index >= 15 is 0 Å². The molecule has 0 fully saturated rings. The standard InChI is InChI=1S/C63H52N8O/c64-40-49-1-5-51(6-2-49)42-66-25-13-58(14-26-66)61-19-31-69(32-20-61)45-55-37-56(46-70-33-21-62(22-34-70)59-15-27-67(28-16-59)43-52-7-3-50(41-65)4-8-52)39-57(38-55)47-71-35-23-63(24-36-71)60-17-29-68(30-18-60)44-53-9-11-54(48-72)12-10-53/h1-39,48H,42-47H2/q+6. The van der Waals surface area contributed by atoms with E-state index in [-0.39, 0.29) is 0 Å². The summed E-state index contributed by atoms with van der Waals surface area (Å²) >= 11 is 0. The number of aromatic nitrogens is 6. The first kappa shape index (κ1) is 46.2. The molecule has 0 radical (unpaired) electrons. The number of aldehydes is 1. The summed E-state index contributed by atoms with van der Waals surface area (Å²) in [5, 5.41) is 18.3. The van der Waals surface area contributed by atoms with Crippen molar-refractivity contribution in [3.8, 4) is 45.5 Å². The monoisotopic (exact) mass is 936 g/mol. The van der Waals surface area contributed by atoms with Gasteiger partial charge in [-0.2, -0.15) is 10.5 Å². The van der Waals surface area contributed by atoms with Gasteiger partial charge in [0.05, 0.1) is 23.3 Å². The van der Waals surface area contributed by atoms with Crippen LogP contribution in [-0.2, 0) is 39.3 Å². The Morgan fingerprint density at radius 2 is 0.500 bits per heavy atom. The summed E-state index contributed by atoms with van der Waals surface area (Å²) in [6.45, 7) is 4.39. The van der Waals surface area contributed by atoms with Crippen LogP contribution < -0.4 is 27.4 Å². The maximum Gasteiger partial charge on any atom is 0.173 e. The molecule has 0 atom stereocenters. The van der Waals surface area contributed by atoms with Crippen LogP contribution in [0.1, 0.15) is 54.9 Å². The highest BCUT2D eigenvalue weighted by atomic mass is 16.1. The molecule has 0 spiro atoms. The van der Waals surface area contributed by atoms with Crippen LogP contribution in [0.2, 0.25) is 0 Å². The van der Waals surface area contributed by atoms with Crippen molar-refractivity contribution >= 4 is 6.29 Å². The van der Waals surface area contributed by atoms with Crippen molar-refractivity contribution in [2.45, 2.75) is 39.3 Å². The molecule has 10 rings (SSSR count). The molecular formula is C63H52N8O+6. The van der Waals surface area contributed by atoms with Gasteiger partial charge in [0.15, 0.2) is 114 Å². The summed E-state index contributed by atoms with van der Waals surface area (Å²) in [5.41, 5.74) is 16.1. The second-order valence-electron chi connectivity index (χ2n) is 18.2. The molecule has 6 aromatic heterocycles. The lowest BCUT2D eigenvalue weighted by molar-refractivity contribution is -0.690. The van der Waals surface area contributed by atoms with Crippen molar-refractivity contribution < 1.29 is 32.2 Å². The van der Waals surface area contributed by atoms with Gasteiger partial charge >= 0.3 is 0 Å². The molecule has 0 saturated heterocycles. The maximum atomic E-state index is 11.1. The number of pyridine rings is 6. The Bertz CT molecular complexity index is 3360. The number of hydrogen-bond acceptors (Lipinski definition) is 3. The van der Waals surface area contributed by atoms with Gasteiger partial charge in [0, 0.05) is 112 Å². The fourth-order valence-corrected chi connectivity index (χ4v) is 8.98. The maximum absolute atomic E-state index is 11.1. The van der Waals surface area contributed by atoms with Gasteiger partial charge in [-0.3, -0.25) is 4.79 Å². The van der Waals surface area contributed by atoms with E-state index in [1.165, 1.54) is 16.7 Å². The van der Waals surface area contributed by atoms with Gasteiger partial charge in [0.2, 0.25) is 0 Å². The molecule has 0 aliphatic carbocycles. The molecular weight excluding hydrogens is 885 g/mol. The normalized spacial score (nSPS) is 10.9. The van der Waals surface area contributed by atoms with Gasteiger partial charge in [0.25, 0.3) is 0 Å². The Hall–Kier alpha value is -9.57. The van der Waals surface area contributed by atoms with Gasteiger partial charge in [-0.05, 0) is 75.8 Å². The summed E-state index contributed by atoms with van der Waals surface area (Å²) in [7, 11) is 0. The van der Waals surface area contributed by atoms with Gasteiger partial charge in [-0.15, -0.1) is 0 Å². The third-order valence-electron chi connectivity index (χ3n) is 12.9. The molecule has 10 aromatic rings. The van der Waals surface area contributed by atoms with Crippen molar-refractivity contribution in [3.05, 3.63) is 288 Å². The Balaban J connectivity index is 0.841. The fraction of sp³-hybridized carbons (Fsp3) is 0.0952. The zero-order chi connectivity index (χ0) is 49.1. The van der Waals surface area contributed by atoms with E-state index < -0.39 is 0 Å². The molecule has 4 aromatic carbocycles. The Morgan fingerprint density at radius 1 is 0.292 bits per heavy atom. The van der Waals surface area contributed by atoms with E-state index in [2.05, 4.69) is 205 Å². The number of nitriles is 2. The number of carbonyl (C=O) groups excluding carboxylic acids is 1. The van der Waals surface area contributed by atoms with Crippen LogP contribution >= 0.6 is 0 Å². The Kier molecular flexibility index (Phi) is 14.0. The third kappa shape index (κ3) is 11.8. The number of benzene rings is 4. The van der Waals surface area contributed by atoms with Gasteiger partial charge in [0.1, 0.15) is 6.29 Å². The first-order valence-corrected chi connectivity index (χ1v) is 24.0. The largest absolute Gasteiger partial charge is 0.298 e. The molecule has 0 saturated carbocycles. The van der Waals surface area contributed by atoms with E-state index in [0.29, 0.717) is 16.7 Å². The van der Waals surface area contributed by atoms with Crippen LogP contribution in [0.4, 0.5) is 0 Å². The minimum atomic E-state index is 0.669. The minimum absolute atomic E-state index is 0.669. The van der Waals surface area contributed by atoms with Crippen LogP contribution in [0.3, 0.4) is 0 Å². The lowest BCUT2D eigenvalue weighted by Crippen LogP contribution is -2.36. The molecule has 9 heteroatoms. The zero-order valence-corrected chi connectivity index (χ0v) is 39.8. The molecule has 6 heterocycles. The first-order chi connectivity index (χ1) is 35.4. The fourth-order valence-electron chi connectivity index (χ4n) is 8.98. The van der Waals surface area contributed by atoms with Crippen LogP contribution in [0.15, 0.2) is 238 Å².